The van der Waals surface area contributed by atoms with Crippen LogP contribution in [0.2, 0.25) is 0 Å². The molecule has 2 amide bonds. The summed E-state index contributed by atoms with van der Waals surface area (Å²) in [6.07, 6.45) is 0.854. The van der Waals surface area contributed by atoms with Crippen molar-refractivity contribution in [1.82, 2.24) is 20.0 Å². The van der Waals surface area contributed by atoms with Gasteiger partial charge in [-0.3, -0.25) is 14.5 Å². The van der Waals surface area contributed by atoms with Gasteiger partial charge in [0.1, 0.15) is 5.82 Å². The Morgan fingerprint density at radius 1 is 1.06 bits per heavy atom. The standard InChI is InChI=1S/C24H26FN5O3S/c1-2-17-5-3-4-6-20(17)26-21(31)15-29-11-13-30(14-12-29)22(32)16-34-24-28-27-23(33-24)18-7-9-19(25)10-8-18/h3-10H,2,11-16H2,1H3,(H,26,31). The Kier molecular flexibility index (Phi) is 7.91. The number of piperazine rings is 1. The fraction of sp³-hybridized carbons (Fsp3) is 0.333. The van der Waals surface area contributed by atoms with Crippen LogP contribution in [0.15, 0.2) is 58.2 Å². The molecular formula is C24H26FN5O3S. The van der Waals surface area contributed by atoms with Crippen molar-refractivity contribution in [3.63, 3.8) is 0 Å². The van der Waals surface area contributed by atoms with Gasteiger partial charge in [-0.1, -0.05) is 36.9 Å². The number of carbonyl (C=O) groups is 2. The maximum absolute atomic E-state index is 13.1. The Hall–Kier alpha value is -3.24. The monoisotopic (exact) mass is 483 g/mol. The van der Waals surface area contributed by atoms with Crippen molar-refractivity contribution in [2.75, 3.05) is 43.8 Å². The second-order valence-corrected chi connectivity index (χ2v) is 8.81. The third kappa shape index (κ3) is 6.21. The van der Waals surface area contributed by atoms with Crippen LogP contribution < -0.4 is 5.32 Å². The van der Waals surface area contributed by atoms with E-state index in [0.29, 0.717) is 38.3 Å². The first kappa shape index (κ1) is 23.9. The van der Waals surface area contributed by atoms with Gasteiger partial charge in [0, 0.05) is 37.4 Å². The number of rotatable bonds is 8. The Labute approximate surface area is 201 Å². The minimum absolute atomic E-state index is 0.0208. The zero-order chi connectivity index (χ0) is 23.9. The predicted octanol–water partition coefficient (Wildman–Crippen LogP) is 3.31. The Morgan fingerprint density at radius 2 is 1.79 bits per heavy atom. The van der Waals surface area contributed by atoms with E-state index < -0.39 is 0 Å². The second kappa shape index (κ2) is 11.3. The quantitative estimate of drug-likeness (QED) is 0.492. The van der Waals surface area contributed by atoms with E-state index in [0.717, 1.165) is 17.7 Å². The van der Waals surface area contributed by atoms with E-state index >= 15 is 0 Å². The number of para-hydroxylation sites is 1. The van der Waals surface area contributed by atoms with Gasteiger partial charge in [0.2, 0.25) is 17.7 Å². The van der Waals surface area contributed by atoms with Crippen molar-refractivity contribution in [3.05, 3.63) is 59.9 Å². The van der Waals surface area contributed by atoms with Gasteiger partial charge in [-0.25, -0.2) is 4.39 Å². The molecule has 2 heterocycles. The van der Waals surface area contributed by atoms with Gasteiger partial charge in [0.15, 0.2) is 0 Å². The molecular weight excluding hydrogens is 457 g/mol. The number of aromatic nitrogens is 2. The van der Waals surface area contributed by atoms with Gasteiger partial charge in [0.05, 0.1) is 12.3 Å². The summed E-state index contributed by atoms with van der Waals surface area (Å²) in [6, 6.07) is 13.6. The zero-order valence-electron chi connectivity index (χ0n) is 18.9. The Morgan fingerprint density at radius 3 is 2.53 bits per heavy atom. The number of carbonyl (C=O) groups excluding carboxylic acids is 2. The van der Waals surface area contributed by atoms with E-state index in [1.54, 1.807) is 17.0 Å². The first-order valence-corrected chi connectivity index (χ1v) is 12.1. The van der Waals surface area contributed by atoms with Crippen LogP contribution in [-0.4, -0.2) is 70.3 Å². The van der Waals surface area contributed by atoms with Crippen LogP contribution in [0.4, 0.5) is 10.1 Å². The summed E-state index contributed by atoms with van der Waals surface area (Å²) in [5, 5.41) is 11.2. The van der Waals surface area contributed by atoms with E-state index in [2.05, 4.69) is 22.4 Å². The molecule has 1 aromatic heterocycles. The molecule has 0 atom stereocenters. The summed E-state index contributed by atoms with van der Waals surface area (Å²) < 4.78 is 18.6. The normalized spacial score (nSPS) is 14.2. The summed E-state index contributed by atoms with van der Waals surface area (Å²) >= 11 is 1.17. The average molecular weight is 484 g/mol. The van der Waals surface area contributed by atoms with Gasteiger partial charge >= 0.3 is 0 Å². The van der Waals surface area contributed by atoms with Crippen LogP contribution >= 0.6 is 11.8 Å². The molecule has 2 aromatic carbocycles. The first-order valence-electron chi connectivity index (χ1n) is 11.1. The molecule has 0 spiro atoms. The lowest BCUT2D eigenvalue weighted by Crippen LogP contribution is -2.50. The topological polar surface area (TPSA) is 91.6 Å². The molecule has 0 aliphatic carbocycles. The number of halogens is 1. The second-order valence-electron chi connectivity index (χ2n) is 7.88. The third-order valence-electron chi connectivity index (χ3n) is 5.58. The lowest BCUT2D eigenvalue weighted by molar-refractivity contribution is -0.130. The number of hydrogen-bond acceptors (Lipinski definition) is 7. The molecule has 10 heteroatoms. The Balaban J connectivity index is 1.20. The minimum Gasteiger partial charge on any atom is -0.411 e. The highest BCUT2D eigenvalue weighted by Crippen LogP contribution is 2.23. The maximum Gasteiger partial charge on any atom is 0.277 e. The van der Waals surface area contributed by atoms with E-state index in [1.165, 1.54) is 23.9 Å². The van der Waals surface area contributed by atoms with Crippen molar-refractivity contribution >= 4 is 29.3 Å². The van der Waals surface area contributed by atoms with Crippen LogP contribution in [-0.2, 0) is 16.0 Å². The number of anilines is 1. The first-order chi connectivity index (χ1) is 16.5. The molecule has 0 radical (unpaired) electrons. The third-order valence-corrected chi connectivity index (χ3v) is 6.38. The predicted molar refractivity (Wildman–Crippen MR) is 128 cm³/mol. The van der Waals surface area contributed by atoms with Crippen LogP contribution in [0.3, 0.4) is 0 Å². The molecule has 1 fully saturated rings. The highest BCUT2D eigenvalue weighted by atomic mass is 32.2. The molecule has 1 aliphatic rings. The molecule has 0 unspecified atom stereocenters. The van der Waals surface area contributed by atoms with Crippen molar-refractivity contribution in [2.45, 2.75) is 18.6 Å². The van der Waals surface area contributed by atoms with Crippen molar-refractivity contribution in [3.8, 4) is 11.5 Å². The SMILES string of the molecule is CCc1ccccc1NC(=O)CN1CCN(C(=O)CSc2nnc(-c3ccc(F)cc3)o2)CC1. The fourth-order valence-electron chi connectivity index (χ4n) is 3.69. The average Bonchev–Trinajstić information content (AvgIpc) is 3.33. The van der Waals surface area contributed by atoms with Crippen LogP contribution in [0.25, 0.3) is 11.5 Å². The van der Waals surface area contributed by atoms with E-state index in [1.807, 2.05) is 29.2 Å². The highest BCUT2D eigenvalue weighted by molar-refractivity contribution is 7.99. The van der Waals surface area contributed by atoms with Crippen molar-refractivity contribution in [2.24, 2.45) is 0 Å². The van der Waals surface area contributed by atoms with Gasteiger partial charge in [-0.05, 0) is 42.3 Å². The number of aryl methyl sites for hydroxylation is 1. The number of thioether (sulfide) groups is 1. The molecule has 8 nitrogen and oxygen atoms in total. The molecule has 1 N–H and O–H groups in total. The summed E-state index contributed by atoms with van der Waals surface area (Å²) in [5.74, 6) is 0.0470. The van der Waals surface area contributed by atoms with Gasteiger partial charge in [0.25, 0.3) is 5.22 Å². The fourth-order valence-corrected chi connectivity index (χ4v) is 4.36. The number of benzene rings is 2. The highest BCUT2D eigenvalue weighted by Gasteiger charge is 2.23. The van der Waals surface area contributed by atoms with E-state index in [4.69, 9.17) is 4.42 Å². The largest absolute Gasteiger partial charge is 0.411 e. The van der Waals surface area contributed by atoms with Gasteiger partial charge in [-0.15, -0.1) is 10.2 Å². The van der Waals surface area contributed by atoms with Crippen LogP contribution in [0, 0.1) is 5.82 Å². The smallest absolute Gasteiger partial charge is 0.277 e. The van der Waals surface area contributed by atoms with Crippen molar-refractivity contribution < 1.29 is 18.4 Å². The Bertz CT molecular complexity index is 1130. The zero-order valence-corrected chi connectivity index (χ0v) is 19.7. The summed E-state index contributed by atoms with van der Waals surface area (Å²) in [5.41, 5.74) is 2.57. The number of nitrogens with zero attached hydrogens (tertiary/aromatic N) is 4. The van der Waals surface area contributed by atoms with Gasteiger partial charge < -0.3 is 14.6 Å². The number of amides is 2. The van der Waals surface area contributed by atoms with Crippen LogP contribution in [0.5, 0.6) is 0 Å². The van der Waals surface area contributed by atoms with E-state index in [-0.39, 0.29) is 34.5 Å². The van der Waals surface area contributed by atoms with Crippen molar-refractivity contribution in [1.29, 1.82) is 0 Å². The summed E-state index contributed by atoms with van der Waals surface area (Å²) in [6.45, 7) is 4.74. The summed E-state index contributed by atoms with van der Waals surface area (Å²) in [7, 11) is 0. The molecule has 1 aliphatic heterocycles. The lowest BCUT2D eigenvalue weighted by atomic mass is 10.1. The molecule has 0 bridgehead atoms. The molecule has 4 rings (SSSR count). The molecule has 1 saturated heterocycles. The summed E-state index contributed by atoms with van der Waals surface area (Å²) in [4.78, 5) is 28.9. The lowest BCUT2D eigenvalue weighted by Gasteiger charge is -2.34. The molecule has 0 saturated carbocycles. The number of hydrogen-bond donors (Lipinski definition) is 1. The van der Waals surface area contributed by atoms with Gasteiger partial charge in [-0.2, -0.15) is 0 Å². The van der Waals surface area contributed by atoms with E-state index in [9.17, 15) is 14.0 Å². The maximum atomic E-state index is 13.1. The molecule has 34 heavy (non-hydrogen) atoms. The molecule has 3 aromatic rings. The minimum atomic E-state index is -0.342. The molecule has 178 valence electrons. The van der Waals surface area contributed by atoms with Crippen LogP contribution in [0.1, 0.15) is 12.5 Å². The number of nitrogens with one attached hydrogen (secondary N) is 1.